The van der Waals surface area contributed by atoms with Gasteiger partial charge in [0.15, 0.2) is 0 Å². The number of hydrogen-bond acceptors (Lipinski definition) is 3. The summed E-state index contributed by atoms with van der Waals surface area (Å²) in [7, 11) is 0. The molecule has 1 saturated heterocycles. The molecule has 1 fully saturated rings. The molecule has 1 heterocycles. The Morgan fingerprint density at radius 1 is 1.32 bits per heavy atom. The number of hydrogen-bond donors (Lipinski definition) is 1. The molecule has 19 heavy (non-hydrogen) atoms. The minimum atomic E-state index is 0.193. The largest absolute Gasteiger partial charge is 0.491 e. The molecule has 3 heteroatoms. The van der Waals surface area contributed by atoms with Crippen molar-refractivity contribution >= 4 is 0 Å². The minimum Gasteiger partial charge on any atom is -0.491 e. The fraction of sp³-hybridized carbons (Fsp3) is 0.625. The van der Waals surface area contributed by atoms with Crippen LogP contribution in [0.5, 0.6) is 5.75 Å². The van der Waals surface area contributed by atoms with Crippen LogP contribution < -0.4 is 10.5 Å². The molecule has 1 aromatic rings. The maximum absolute atomic E-state index is 5.97. The van der Waals surface area contributed by atoms with Gasteiger partial charge in [-0.25, -0.2) is 0 Å². The van der Waals surface area contributed by atoms with Gasteiger partial charge in [0.1, 0.15) is 12.4 Å². The van der Waals surface area contributed by atoms with Crippen molar-refractivity contribution in [2.45, 2.75) is 51.2 Å². The van der Waals surface area contributed by atoms with Gasteiger partial charge in [-0.1, -0.05) is 32.0 Å². The molecular weight excluding hydrogens is 238 g/mol. The van der Waals surface area contributed by atoms with E-state index >= 15 is 0 Å². The third kappa shape index (κ3) is 3.71. The summed E-state index contributed by atoms with van der Waals surface area (Å²) in [6, 6.07) is 8.31. The molecule has 0 aliphatic carbocycles. The van der Waals surface area contributed by atoms with Gasteiger partial charge < -0.3 is 15.2 Å². The average molecular weight is 263 g/mol. The van der Waals surface area contributed by atoms with Crippen LogP contribution in [-0.2, 0) is 4.74 Å². The van der Waals surface area contributed by atoms with Crippen LogP contribution in [0, 0.1) is 0 Å². The Labute approximate surface area is 116 Å². The Morgan fingerprint density at radius 2 is 2.05 bits per heavy atom. The average Bonchev–Trinajstić information content (AvgIpc) is 2.92. The van der Waals surface area contributed by atoms with E-state index in [1.807, 2.05) is 6.07 Å². The molecule has 3 atom stereocenters. The molecule has 3 nitrogen and oxygen atoms in total. The highest BCUT2D eigenvalue weighted by atomic mass is 16.5. The molecule has 3 unspecified atom stereocenters. The molecule has 106 valence electrons. The summed E-state index contributed by atoms with van der Waals surface area (Å²) in [6.07, 6.45) is 3.64. The van der Waals surface area contributed by atoms with Crippen LogP contribution in [0.1, 0.15) is 44.6 Å². The maximum atomic E-state index is 5.97. The highest BCUT2D eigenvalue weighted by Gasteiger charge is 2.24. The van der Waals surface area contributed by atoms with Gasteiger partial charge >= 0.3 is 0 Å². The van der Waals surface area contributed by atoms with E-state index in [1.54, 1.807) is 0 Å². The van der Waals surface area contributed by atoms with Gasteiger partial charge in [-0.3, -0.25) is 0 Å². The first-order chi connectivity index (χ1) is 9.24. The summed E-state index contributed by atoms with van der Waals surface area (Å²) in [4.78, 5) is 0. The van der Waals surface area contributed by atoms with Crippen LogP contribution in [0.25, 0.3) is 0 Å². The van der Waals surface area contributed by atoms with Crippen molar-refractivity contribution < 1.29 is 9.47 Å². The summed E-state index contributed by atoms with van der Waals surface area (Å²) in [5.74, 6) is 1.52. The van der Waals surface area contributed by atoms with E-state index in [1.165, 1.54) is 5.56 Å². The smallest absolute Gasteiger partial charge is 0.122 e. The van der Waals surface area contributed by atoms with Crippen molar-refractivity contribution in [1.82, 2.24) is 0 Å². The second kappa shape index (κ2) is 6.92. The van der Waals surface area contributed by atoms with Crippen molar-refractivity contribution in [3.63, 3.8) is 0 Å². The van der Waals surface area contributed by atoms with E-state index in [0.29, 0.717) is 19.1 Å². The highest BCUT2D eigenvalue weighted by Crippen LogP contribution is 2.29. The van der Waals surface area contributed by atoms with Gasteiger partial charge in [-0.15, -0.1) is 0 Å². The topological polar surface area (TPSA) is 44.5 Å². The molecule has 2 N–H and O–H groups in total. The zero-order chi connectivity index (χ0) is 13.7. The number of rotatable bonds is 6. The first-order valence-electron chi connectivity index (χ1n) is 7.31. The normalized spacial score (nSPS) is 24.4. The predicted molar refractivity (Wildman–Crippen MR) is 77.6 cm³/mol. The molecule has 1 aromatic carbocycles. The van der Waals surface area contributed by atoms with Gasteiger partial charge in [-0.2, -0.15) is 0 Å². The molecule has 1 aliphatic rings. The number of ether oxygens (including phenoxy) is 2. The second-order valence-corrected chi connectivity index (χ2v) is 5.35. The Kier molecular flexibility index (Phi) is 5.23. The van der Waals surface area contributed by atoms with Crippen LogP contribution in [0.3, 0.4) is 0 Å². The highest BCUT2D eigenvalue weighted by molar-refractivity contribution is 5.35. The van der Waals surface area contributed by atoms with Crippen molar-refractivity contribution in [3.8, 4) is 5.75 Å². The Morgan fingerprint density at radius 3 is 2.74 bits per heavy atom. The predicted octanol–water partition coefficient (Wildman–Crippen LogP) is 3.09. The number of para-hydroxylation sites is 1. The summed E-state index contributed by atoms with van der Waals surface area (Å²) in [5, 5.41) is 0. The van der Waals surface area contributed by atoms with Crippen LogP contribution >= 0.6 is 0 Å². The molecule has 2 rings (SSSR count). The lowest BCUT2D eigenvalue weighted by molar-refractivity contribution is 0.0219. The van der Waals surface area contributed by atoms with Gasteiger partial charge in [0.05, 0.1) is 12.2 Å². The standard InChI is InChI=1S/C16H25NO2/c1-3-12(2)15-6-4-5-7-16(15)18-11-14-9-8-13(10-17)19-14/h4-7,12-14H,3,8-11,17H2,1-2H3. The van der Waals surface area contributed by atoms with Crippen LogP contribution in [0.4, 0.5) is 0 Å². The summed E-state index contributed by atoms with van der Waals surface area (Å²) < 4.78 is 11.8. The van der Waals surface area contributed by atoms with Crippen LogP contribution in [0.2, 0.25) is 0 Å². The van der Waals surface area contributed by atoms with Crippen molar-refractivity contribution in [1.29, 1.82) is 0 Å². The summed E-state index contributed by atoms with van der Waals surface area (Å²) >= 11 is 0. The molecule has 0 aromatic heterocycles. The van der Waals surface area contributed by atoms with Crippen molar-refractivity contribution in [3.05, 3.63) is 29.8 Å². The molecule has 0 spiro atoms. The molecule has 0 bridgehead atoms. The summed E-state index contributed by atoms with van der Waals surface area (Å²) in [6.45, 7) is 5.68. The Bertz CT molecular complexity index is 394. The quantitative estimate of drug-likeness (QED) is 0.857. The Hall–Kier alpha value is -1.06. The zero-order valence-electron chi connectivity index (χ0n) is 12.0. The van der Waals surface area contributed by atoms with Gasteiger partial charge in [-0.05, 0) is 36.8 Å². The fourth-order valence-corrected chi connectivity index (χ4v) is 2.50. The van der Waals surface area contributed by atoms with E-state index in [4.69, 9.17) is 15.2 Å². The third-order valence-electron chi connectivity index (χ3n) is 3.95. The van der Waals surface area contributed by atoms with E-state index < -0.39 is 0 Å². The SMILES string of the molecule is CCC(C)c1ccccc1OCC1CCC(CN)O1. The lowest BCUT2D eigenvalue weighted by atomic mass is 9.98. The van der Waals surface area contributed by atoms with E-state index in [-0.39, 0.29) is 12.2 Å². The van der Waals surface area contributed by atoms with Gasteiger partial charge in [0.2, 0.25) is 0 Å². The number of benzene rings is 1. The Balaban J connectivity index is 1.92. The zero-order valence-corrected chi connectivity index (χ0v) is 12.0. The minimum absolute atomic E-state index is 0.193. The lowest BCUT2D eigenvalue weighted by Gasteiger charge is -2.18. The maximum Gasteiger partial charge on any atom is 0.122 e. The molecular formula is C16H25NO2. The van der Waals surface area contributed by atoms with Crippen LogP contribution in [0.15, 0.2) is 24.3 Å². The fourth-order valence-electron chi connectivity index (χ4n) is 2.50. The summed E-state index contributed by atoms with van der Waals surface area (Å²) in [5.41, 5.74) is 6.91. The monoisotopic (exact) mass is 263 g/mol. The van der Waals surface area contributed by atoms with E-state index in [2.05, 4.69) is 32.0 Å². The second-order valence-electron chi connectivity index (χ2n) is 5.35. The van der Waals surface area contributed by atoms with Crippen molar-refractivity contribution in [2.75, 3.05) is 13.2 Å². The first-order valence-corrected chi connectivity index (χ1v) is 7.31. The molecule has 0 amide bonds. The van der Waals surface area contributed by atoms with E-state index in [0.717, 1.165) is 25.0 Å². The molecule has 0 radical (unpaired) electrons. The first kappa shape index (κ1) is 14.4. The lowest BCUT2D eigenvalue weighted by Crippen LogP contribution is -2.23. The third-order valence-corrected chi connectivity index (χ3v) is 3.95. The van der Waals surface area contributed by atoms with E-state index in [9.17, 15) is 0 Å². The van der Waals surface area contributed by atoms with Gasteiger partial charge in [0.25, 0.3) is 0 Å². The van der Waals surface area contributed by atoms with Crippen molar-refractivity contribution in [2.24, 2.45) is 5.73 Å². The molecule has 1 aliphatic heterocycles. The number of nitrogens with two attached hydrogens (primary N) is 1. The van der Waals surface area contributed by atoms with Crippen LogP contribution in [-0.4, -0.2) is 25.4 Å². The molecule has 0 saturated carbocycles. The van der Waals surface area contributed by atoms with Gasteiger partial charge in [0, 0.05) is 6.54 Å².